The highest BCUT2D eigenvalue weighted by Crippen LogP contribution is 2.54. The zero-order valence-electron chi connectivity index (χ0n) is 42.5. The van der Waals surface area contributed by atoms with Crippen molar-refractivity contribution in [3.63, 3.8) is 0 Å². The molecule has 2 nitrogen and oxygen atoms in total. The Morgan fingerprint density at radius 3 is 1.09 bits per heavy atom. The monoisotopic (exact) mass is 889 g/mol. The molecule has 0 aromatic heterocycles. The van der Waals surface area contributed by atoms with Gasteiger partial charge in [0.05, 0.1) is 0 Å². The van der Waals surface area contributed by atoms with E-state index in [1.807, 2.05) is 0 Å². The van der Waals surface area contributed by atoms with E-state index in [0.717, 1.165) is 41.3 Å². The van der Waals surface area contributed by atoms with Crippen LogP contribution in [0.4, 0.5) is 34.1 Å². The molecule has 8 aromatic carbocycles. The van der Waals surface area contributed by atoms with Crippen LogP contribution >= 0.6 is 0 Å². The summed E-state index contributed by atoms with van der Waals surface area (Å²) in [6.45, 7) is 27.9. The van der Waals surface area contributed by atoms with Crippen molar-refractivity contribution >= 4 is 34.1 Å². The van der Waals surface area contributed by atoms with Gasteiger partial charge in [-0.15, -0.1) is 0 Å². The Hall–Kier alpha value is -6.64. The number of aryl methyl sites for hydroxylation is 2. The largest absolute Gasteiger partial charge is 0.310 e. The summed E-state index contributed by atoms with van der Waals surface area (Å²) in [5, 5.41) is 0. The van der Waals surface area contributed by atoms with Crippen LogP contribution in [0, 0.1) is 13.8 Å². The molecule has 10 rings (SSSR count). The van der Waals surface area contributed by atoms with Crippen LogP contribution < -0.4 is 9.80 Å². The molecule has 2 aliphatic carbocycles. The molecule has 0 N–H and O–H groups in total. The molecular weight excluding hydrogens is 821 g/mol. The van der Waals surface area contributed by atoms with Gasteiger partial charge in [-0.05, 0) is 183 Å². The summed E-state index contributed by atoms with van der Waals surface area (Å²) in [7, 11) is 0. The van der Waals surface area contributed by atoms with Crippen molar-refractivity contribution in [1.82, 2.24) is 0 Å². The highest BCUT2D eigenvalue weighted by Gasteiger charge is 2.38. The highest BCUT2D eigenvalue weighted by atomic mass is 15.1. The molecule has 0 amide bonds. The number of hydrogen-bond acceptors (Lipinski definition) is 2. The predicted molar refractivity (Wildman–Crippen MR) is 292 cm³/mol. The van der Waals surface area contributed by atoms with Crippen LogP contribution in [0.15, 0.2) is 170 Å². The van der Waals surface area contributed by atoms with Gasteiger partial charge in [0.1, 0.15) is 0 Å². The molecule has 8 aromatic rings. The Morgan fingerprint density at radius 2 is 0.647 bits per heavy atom. The van der Waals surface area contributed by atoms with Gasteiger partial charge in [0.15, 0.2) is 0 Å². The van der Waals surface area contributed by atoms with Gasteiger partial charge in [-0.2, -0.15) is 0 Å². The van der Waals surface area contributed by atoms with E-state index in [1.165, 1.54) is 83.6 Å². The molecule has 0 saturated heterocycles. The number of anilines is 6. The molecule has 0 aliphatic heterocycles. The number of rotatable bonds is 11. The van der Waals surface area contributed by atoms with Crippen molar-refractivity contribution in [2.45, 2.75) is 118 Å². The van der Waals surface area contributed by atoms with Crippen molar-refractivity contribution in [3.05, 3.63) is 214 Å². The first-order chi connectivity index (χ1) is 32.4. The summed E-state index contributed by atoms with van der Waals surface area (Å²) in [6, 6.07) is 64.9. The second-order valence-corrected chi connectivity index (χ2v) is 22.1. The lowest BCUT2D eigenvalue weighted by molar-refractivity contribution is 0.504. The summed E-state index contributed by atoms with van der Waals surface area (Å²) in [6.07, 6.45) is 2.21. The third-order valence-corrected chi connectivity index (χ3v) is 16.3. The fourth-order valence-electron chi connectivity index (χ4n) is 10.9. The van der Waals surface area contributed by atoms with Crippen LogP contribution in [0.3, 0.4) is 0 Å². The molecule has 0 unspecified atom stereocenters. The molecule has 2 heteroatoms. The van der Waals surface area contributed by atoms with Gasteiger partial charge in [0.25, 0.3) is 0 Å². The SMILES string of the molecule is CCC(C)(C)c1ccc(N(c2ccc(C)cc2)c2ccc3c(c2)C(C)(C)c2cc(N(c4ccc(C)cc4)c4ccc(-c5ccc6c(c5)C(C)(C)c5cc(C(C)(C)CC)ccc5-6)cc4)ccc2-3)cc1. The van der Waals surface area contributed by atoms with Crippen molar-refractivity contribution in [1.29, 1.82) is 0 Å². The van der Waals surface area contributed by atoms with E-state index in [4.69, 9.17) is 0 Å². The Morgan fingerprint density at radius 1 is 0.338 bits per heavy atom. The average molecular weight is 889 g/mol. The Kier molecular flexibility index (Phi) is 11.0. The topological polar surface area (TPSA) is 6.48 Å². The van der Waals surface area contributed by atoms with Crippen LogP contribution in [-0.2, 0) is 21.7 Å². The third kappa shape index (κ3) is 7.58. The first-order valence-electron chi connectivity index (χ1n) is 25.0. The average Bonchev–Trinajstić information content (AvgIpc) is 3.71. The van der Waals surface area contributed by atoms with E-state index in [1.54, 1.807) is 0 Å². The Balaban J connectivity index is 0.994. The van der Waals surface area contributed by atoms with E-state index in [-0.39, 0.29) is 21.7 Å². The van der Waals surface area contributed by atoms with Crippen molar-refractivity contribution < 1.29 is 0 Å². The molecule has 68 heavy (non-hydrogen) atoms. The van der Waals surface area contributed by atoms with E-state index in [9.17, 15) is 0 Å². The fraction of sp³-hybridized carbons (Fsp3) is 0.273. The molecule has 2 aliphatic rings. The third-order valence-electron chi connectivity index (χ3n) is 16.3. The lowest BCUT2D eigenvalue weighted by Gasteiger charge is -2.30. The van der Waals surface area contributed by atoms with Crippen LogP contribution in [0.2, 0.25) is 0 Å². The van der Waals surface area contributed by atoms with Crippen molar-refractivity contribution in [3.8, 4) is 33.4 Å². The molecule has 0 fully saturated rings. The van der Waals surface area contributed by atoms with Gasteiger partial charge in [-0.25, -0.2) is 0 Å². The first kappa shape index (κ1) is 45.2. The number of hydrogen-bond donors (Lipinski definition) is 0. The minimum absolute atomic E-state index is 0.0796. The van der Waals surface area contributed by atoms with Gasteiger partial charge < -0.3 is 9.80 Å². The molecule has 0 spiro atoms. The summed E-state index contributed by atoms with van der Waals surface area (Å²) in [5.74, 6) is 0. The molecule has 0 heterocycles. The van der Waals surface area contributed by atoms with Crippen molar-refractivity contribution in [2.24, 2.45) is 0 Å². The summed E-state index contributed by atoms with van der Waals surface area (Å²) in [4.78, 5) is 4.84. The maximum absolute atomic E-state index is 2.48. The summed E-state index contributed by atoms with van der Waals surface area (Å²) in [5.41, 5.74) is 25.5. The normalized spacial score (nSPS) is 14.2. The minimum atomic E-state index is -0.234. The van der Waals surface area contributed by atoms with E-state index in [0.29, 0.717) is 0 Å². The van der Waals surface area contributed by atoms with Gasteiger partial charge in [0.2, 0.25) is 0 Å². The van der Waals surface area contributed by atoms with Gasteiger partial charge in [-0.3, -0.25) is 0 Å². The quantitative estimate of drug-likeness (QED) is 0.128. The van der Waals surface area contributed by atoms with Crippen LogP contribution in [0.5, 0.6) is 0 Å². The molecule has 0 radical (unpaired) electrons. The second-order valence-electron chi connectivity index (χ2n) is 22.1. The van der Waals surface area contributed by atoms with Crippen LogP contribution in [0.1, 0.15) is 127 Å². The van der Waals surface area contributed by atoms with Gasteiger partial charge in [0, 0.05) is 45.0 Å². The number of fused-ring (bicyclic) bond motifs is 6. The van der Waals surface area contributed by atoms with Gasteiger partial charge in [-0.1, -0.05) is 171 Å². The lowest BCUT2D eigenvalue weighted by Crippen LogP contribution is -2.19. The first-order valence-corrected chi connectivity index (χ1v) is 25.0. The highest BCUT2D eigenvalue weighted by molar-refractivity contribution is 5.89. The smallest absolute Gasteiger partial charge is 0.0465 e. The summed E-state index contributed by atoms with van der Waals surface area (Å²) < 4.78 is 0. The Labute approximate surface area is 407 Å². The molecule has 342 valence electrons. The maximum Gasteiger partial charge on any atom is 0.0465 e. The van der Waals surface area contributed by atoms with Gasteiger partial charge >= 0.3 is 0 Å². The molecule has 0 atom stereocenters. The van der Waals surface area contributed by atoms with E-state index >= 15 is 0 Å². The molecular formula is C66H68N2. The van der Waals surface area contributed by atoms with Crippen LogP contribution in [0.25, 0.3) is 33.4 Å². The standard InChI is InChI=1S/C66H68N2/c1-13-63(5,6)47-22-31-52(32-23-47)68(50-27-17-44(4)18-28-50)54-34-38-58-57-37-33-53(41-61(57)66(11,12)62(58)42-54)67(49-25-15-43(3)16-26-49)51-29-19-45(20-30-51)46-21-35-55-56-36-24-48(64(7,8)14-2)40-60(56)65(9,10)59(55)39-46/h15-42H,13-14H2,1-12H3. The zero-order chi connectivity index (χ0) is 47.9. The number of nitrogens with zero attached hydrogens (tertiary/aromatic N) is 2. The maximum atomic E-state index is 2.48. The predicted octanol–water partition coefficient (Wildman–Crippen LogP) is 18.9. The fourth-order valence-corrected chi connectivity index (χ4v) is 10.9. The summed E-state index contributed by atoms with van der Waals surface area (Å²) >= 11 is 0. The molecule has 0 bridgehead atoms. The van der Waals surface area contributed by atoms with E-state index < -0.39 is 0 Å². The molecule has 0 saturated carbocycles. The Bertz CT molecular complexity index is 3180. The minimum Gasteiger partial charge on any atom is -0.310 e. The van der Waals surface area contributed by atoms with E-state index in [2.05, 4.69) is 263 Å². The van der Waals surface area contributed by atoms with Crippen molar-refractivity contribution in [2.75, 3.05) is 9.80 Å². The van der Waals surface area contributed by atoms with Crippen LogP contribution in [-0.4, -0.2) is 0 Å². The zero-order valence-corrected chi connectivity index (χ0v) is 42.5. The number of benzene rings is 8. The second kappa shape index (κ2) is 16.6. The lowest BCUT2D eigenvalue weighted by atomic mass is 9.77.